The molecule has 1 aromatic heterocycles. The fourth-order valence-electron chi connectivity index (χ4n) is 2.97. The van der Waals surface area contributed by atoms with Crippen molar-refractivity contribution in [3.8, 4) is 0 Å². The van der Waals surface area contributed by atoms with Gasteiger partial charge in [0.2, 0.25) is 0 Å². The van der Waals surface area contributed by atoms with Crippen molar-refractivity contribution in [2.75, 3.05) is 12.4 Å². The Morgan fingerprint density at radius 3 is 3.08 bits per heavy atom. The molecule has 1 aliphatic rings. The van der Waals surface area contributed by atoms with Crippen molar-refractivity contribution in [3.05, 3.63) is 41.9 Å². The Balaban J connectivity index is 2.00. The Bertz CT molecular complexity index is 797. The molecule has 0 radical (unpaired) electrons. The molecule has 2 aromatic rings. The highest BCUT2D eigenvalue weighted by Gasteiger charge is 2.16. The lowest BCUT2D eigenvalue weighted by Crippen LogP contribution is -2.24. The Morgan fingerprint density at radius 2 is 2.29 bits per heavy atom. The number of nitrogens with one attached hydrogen (secondary N) is 3. The van der Waals surface area contributed by atoms with Gasteiger partial charge in [-0.15, -0.1) is 0 Å². The van der Waals surface area contributed by atoms with Gasteiger partial charge in [-0.05, 0) is 29.7 Å². The zero-order valence-corrected chi connectivity index (χ0v) is 14.4. The van der Waals surface area contributed by atoms with Gasteiger partial charge in [-0.3, -0.25) is 5.10 Å². The van der Waals surface area contributed by atoms with Crippen LogP contribution in [0.1, 0.15) is 43.9 Å². The van der Waals surface area contributed by atoms with Crippen LogP contribution in [-0.4, -0.2) is 23.5 Å². The maximum atomic E-state index is 4.59. The molecule has 0 fully saturated rings. The first-order valence-corrected chi connectivity index (χ1v) is 8.53. The lowest BCUT2D eigenvalue weighted by Gasteiger charge is -2.21. The highest BCUT2D eigenvalue weighted by atomic mass is 15.1. The van der Waals surface area contributed by atoms with E-state index in [1.54, 1.807) is 0 Å². The summed E-state index contributed by atoms with van der Waals surface area (Å²) in [6, 6.07) is 4.33. The molecule has 0 unspecified atom stereocenters. The summed E-state index contributed by atoms with van der Waals surface area (Å²) in [4.78, 5) is 4.14. The molecule has 0 spiro atoms. The molecule has 0 saturated heterocycles. The maximum absolute atomic E-state index is 4.59. The second kappa shape index (κ2) is 7.34. The Labute approximate surface area is 142 Å². The summed E-state index contributed by atoms with van der Waals surface area (Å²) in [7, 11) is 1.81. The molecular formula is C19H25N5. The molecular weight excluding hydrogens is 298 g/mol. The molecule has 0 bridgehead atoms. The van der Waals surface area contributed by atoms with E-state index in [-0.39, 0.29) is 0 Å². The summed E-state index contributed by atoms with van der Waals surface area (Å²) in [5.41, 5.74) is 5.64. The number of aromatic nitrogens is 2. The van der Waals surface area contributed by atoms with E-state index in [0.29, 0.717) is 0 Å². The highest BCUT2D eigenvalue weighted by molar-refractivity contribution is 5.95. The molecule has 3 N–H and O–H groups in total. The maximum Gasteiger partial charge on any atom is 0.0959 e. The number of anilines is 1. The summed E-state index contributed by atoms with van der Waals surface area (Å²) in [6.07, 6.45) is 8.53. The first-order chi connectivity index (χ1) is 11.7. The number of H-pyrrole nitrogens is 1. The third-order valence-electron chi connectivity index (χ3n) is 4.31. The summed E-state index contributed by atoms with van der Waals surface area (Å²) in [5, 5.41) is 15.5. The van der Waals surface area contributed by atoms with Crippen molar-refractivity contribution >= 4 is 28.4 Å². The summed E-state index contributed by atoms with van der Waals surface area (Å²) in [6.45, 7) is 6.93. The molecule has 2 heterocycles. The predicted octanol–water partition coefficient (Wildman–Crippen LogP) is 4.21. The van der Waals surface area contributed by atoms with Crippen molar-refractivity contribution in [3.63, 3.8) is 0 Å². The predicted molar refractivity (Wildman–Crippen MR) is 102 cm³/mol. The zero-order chi connectivity index (χ0) is 16.9. The standard InChI is InChI=1S/C19H25N5/c1-4-5-6-7-14(8-9-20-3)19-16-10-15-12-21-13(2)22-17(15)11-18(16)23-24-19/h7,9-11,21-22H,2,4-6,8,12H2,1,3H3,(H,23,24)/b14-7+,20-9?. The molecule has 0 atom stereocenters. The van der Waals surface area contributed by atoms with Gasteiger partial charge in [0.25, 0.3) is 0 Å². The smallest absolute Gasteiger partial charge is 0.0959 e. The zero-order valence-electron chi connectivity index (χ0n) is 14.4. The summed E-state index contributed by atoms with van der Waals surface area (Å²) >= 11 is 0. The van der Waals surface area contributed by atoms with E-state index in [0.717, 1.165) is 47.5 Å². The number of benzene rings is 1. The van der Waals surface area contributed by atoms with E-state index in [1.165, 1.54) is 24.0 Å². The van der Waals surface area contributed by atoms with Crippen LogP contribution < -0.4 is 10.6 Å². The Hall–Kier alpha value is -2.56. The second-order valence-corrected chi connectivity index (χ2v) is 6.10. The molecule has 0 aliphatic carbocycles. The van der Waals surface area contributed by atoms with E-state index < -0.39 is 0 Å². The van der Waals surface area contributed by atoms with Gasteiger partial charge in [0.1, 0.15) is 0 Å². The van der Waals surface area contributed by atoms with E-state index >= 15 is 0 Å². The van der Waals surface area contributed by atoms with Gasteiger partial charge < -0.3 is 15.6 Å². The number of hydrogen-bond donors (Lipinski definition) is 3. The second-order valence-electron chi connectivity index (χ2n) is 6.10. The van der Waals surface area contributed by atoms with Crippen LogP contribution in [0.15, 0.2) is 35.6 Å². The first-order valence-electron chi connectivity index (χ1n) is 8.53. The molecule has 24 heavy (non-hydrogen) atoms. The van der Waals surface area contributed by atoms with Gasteiger partial charge in [0.15, 0.2) is 0 Å². The van der Waals surface area contributed by atoms with Gasteiger partial charge >= 0.3 is 0 Å². The Morgan fingerprint density at radius 1 is 1.42 bits per heavy atom. The van der Waals surface area contributed by atoms with Crippen LogP contribution >= 0.6 is 0 Å². The number of unbranched alkanes of at least 4 members (excludes halogenated alkanes) is 2. The molecule has 5 nitrogen and oxygen atoms in total. The third kappa shape index (κ3) is 3.35. The minimum atomic E-state index is 0.785. The molecule has 0 amide bonds. The van der Waals surface area contributed by atoms with Crippen LogP contribution in [0.2, 0.25) is 0 Å². The molecule has 1 aromatic carbocycles. The minimum Gasteiger partial charge on any atom is -0.368 e. The van der Waals surface area contributed by atoms with Crippen molar-refractivity contribution in [1.29, 1.82) is 0 Å². The minimum absolute atomic E-state index is 0.785. The van der Waals surface area contributed by atoms with Crippen LogP contribution in [0.5, 0.6) is 0 Å². The lowest BCUT2D eigenvalue weighted by molar-refractivity contribution is 0.798. The van der Waals surface area contributed by atoms with E-state index in [1.807, 2.05) is 13.3 Å². The SMILES string of the molecule is C=C1NCc2cc3c(/C(=C/CCCC)CC=NC)n[nH]c3cc2N1. The fourth-order valence-corrected chi connectivity index (χ4v) is 2.97. The van der Waals surface area contributed by atoms with Gasteiger partial charge in [0, 0.05) is 37.3 Å². The van der Waals surface area contributed by atoms with Gasteiger partial charge in [-0.2, -0.15) is 5.10 Å². The van der Waals surface area contributed by atoms with E-state index in [9.17, 15) is 0 Å². The van der Waals surface area contributed by atoms with E-state index in [4.69, 9.17) is 0 Å². The monoisotopic (exact) mass is 323 g/mol. The van der Waals surface area contributed by atoms with Crippen molar-refractivity contribution in [2.45, 2.75) is 39.2 Å². The number of hydrogen-bond acceptors (Lipinski definition) is 4. The third-order valence-corrected chi connectivity index (χ3v) is 4.31. The number of aromatic amines is 1. The molecule has 1 aliphatic heterocycles. The first kappa shape index (κ1) is 16.3. The van der Waals surface area contributed by atoms with Crippen molar-refractivity contribution in [1.82, 2.24) is 15.5 Å². The quantitative estimate of drug-likeness (QED) is 0.551. The molecule has 5 heteroatoms. The highest BCUT2D eigenvalue weighted by Crippen LogP contribution is 2.31. The number of nitrogens with zero attached hydrogens (tertiary/aromatic N) is 2. The largest absolute Gasteiger partial charge is 0.368 e. The van der Waals surface area contributed by atoms with Crippen LogP contribution in [0.3, 0.4) is 0 Å². The summed E-state index contributed by atoms with van der Waals surface area (Å²) < 4.78 is 0. The molecule has 126 valence electrons. The molecule has 0 saturated carbocycles. The lowest BCUT2D eigenvalue weighted by atomic mass is 10.0. The van der Waals surface area contributed by atoms with Crippen LogP contribution in [-0.2, 0) is 6.54 Å². The number of fused-ring (bicyclic) bond motifs is 2. The van der Waals surface area contributed by atoms with Gasteiger partial charge in [-0.25, -0.2) is 0 Å². The average molecular weight is 323 g/mol. The summed E-state index contributed by atoms with van der Waals surface area (Å²) in [5.74, 6) is 0.834. The van der Waals surface area contributed by atoms with E-state index in [2.05, 4.69) is 57.5 Å². The van der Waals surface area contributed by atoms with Gasteiger partial charge in [0.05, 0.1) is 17.0 Å². The average Bonchev–Trinajstić information content (AvgIpc) is 2.98. The molecule has 3 rings (SSSR count). The topological polar surface area (TPSA) is 65.1 Å². The van der Waals surface area contributed by atoms with Crippen LogP contribution in [0.25, 0.3) is 16.5 Å². The fraction of sp³-hybridized carbons (Fsp3) is 0.368. The number of rotatable bonds is 6. The van der Waals surface area contributed by atoms with Gasteiger partial charge in [-0.1, -0.05) is 32.4 Å². The van der Waals surface area contributed by atoms with Crippen LogP contribution in [0, 0.1) is 0 Å². The van der Waals surface area contributed by atoms with Crippen LogP contribution in [0.4, 0.5) is 5.69 Å². The Kier molecular flexibility index (Phi) is 4.99. The number of allylic oxidation sites excluding steroid dienone is 2. The van der Waals surface area contributed by atoms with Crippen molar-refractivity contribution in [2.24, 2.45) is 4.99 Å². The number of aliphatic imine (C=N–C) groups is 1. The normalized spacial score (nSPS) is 14.8. The van der Waals surface area contributed by atoms with Crippen molar-refractivity contribution < 1.29 is 0 Å².